The number of benzene rings is 3. The monoisotopic (exact) mass is 532 g/mol. The van der Waals surface area contributed by atoms with Crippen LogP contribution in [0.1, 0.15) is 42.0 Å². The summed E-state index contributed by atoms with van der Waals surface area (Å²) in [6.45, 7) is 4.97. The van der Waals surface area contributed by atoms with Crippen molar-refractivity contribution < 1.29 is 13.6 Å². The third-order valence-corrected chi connectivity index (χ3v) is 7.43. The SMILES string of the molecule is CC(C)(F)[C@H](c1cc(F)cc(C#N)c1)C1CN(Cc2cccc(C3=NCC(=O)N3)c2-c2ccc(Cl)cc2)C1. The number of alkyl halides is 1. The number of carbonyl (C=O) groups excluding carboxylic acids is 1. The molecule has 1 fully saturated rings. The van der Waals surface area contributed by atoms with Crippen LogP contribution in [0.5, 0.6) is 0 Å². The van der Waals surface area contributed by atoms with E-state index in [4.69, 9.17) is 11.6 Å². The van der Waals surface area contributed by atoms with Gasteiger partial charge in [0.1, 0.15) is 23.9 Å². The third kappa shape index (κ3) is 5.33. The Kier molecular flexibility index (Phi) is 7.04. The fourth-order valence-corrected chi connectivity index (χ4v) is 5.80. The van der Waals surface area contributed by atoms with E-state index < -0.39 is 17.4 Å². The topological polar surface area (TPSA) is 68.5 Å². The molecule has 0 unspecified atom stereocenters. The van der Waals surface area contributed by atoms with Crippen LogP contribution < -0.4 is 5.32 Å². The fourth-order valence-electron chi connectivity index (χ4n) is 5.68. The fraction of sp³-hybridized carbons (Fsp3) is 0.300. The molecule has 1 amide bonds. The minimum absolute atomic E-state index is 0.0380. The van der Waals surface area contributed by atoms with Crippen LogP contribution in [0.25, 0.3) is 11.1 Å². The van der Waals surface area contributed by atoms with Crippen molar-refractivity contribution in [1.82, 2.24) is 10.2 Å². The van der Waals surface area contributed by atoms with Crippen molar-refractivity contribution in [2.24, 2.45) is 10.9 Å². The standard InChI is InChI=1S/C30H27ClF2N4O/c1-30(2,33)28(21-10-18(13-34)11-24(32)12-21)22-16-37(17-22)15-20-4-3-5-25(29-35-14-26(38)36-29)27(20)19-6-8-23(31)9-7-19/h3-12,22,28H,14-17H2,1-2H3,(H,35,36,38)/t28-/m1/s1. The summed E-state index contributed by atoms with van der Waals surface area (Å²) in [5, 5.41) is 12.8. The van der Waals surface area contributed by atoms with Gasteiger partial charge in [-0.1, -0.05) is 41.9 Å². The first-order valence-corrected chi connectivity index (χ1v) is 12.8. The van der Waals surface area contributed by atoms with Crippen molar-refractivity contribution in [3.05, 3.63) is 93.8 Å². The maximum absolute atomic E-state index is 15.4. The van der Waals surface area contributed by atoms with Gasteiger partial charge >= 0.3 is 0 Å². The highest BCUT2D eigenvalue weighted by molar-refractivity contribution is 6.30. The van der Waals surface area contributed by atoms with Crippen molar-refractivity contribution >= 4 is 23.3 Å². The van der Waals surface area contributed by atoms with Crippen LogP contribution in [0.15, 0.2) is 65.7 Å². The summed E-state index contributed by atoms with van der Waals surface area (Å²) in [6, 6.07) is 19.5. The van der Waals surface area contributed by atoms with E-state index in [1.807, 2.05) is 48.5 Å². The van der Waals surface area contributed by atoms with Gasteiger partial charge in [0.15, 0.2) is 0 Å². The lowest BCUT2D eigenvalue weighted by atomic mass is 9.72. The van der Waals surface area contributed by atoms with Gasteiger partial charge in [-0.25, -0.2) is 8.78 Å². The highest BCUT2D eigenvalue weighted by Gasteiger charge is 2.43. The molecule has 2 heterocycles. The van der Waals surface area contributed by atoms with Crippen molar-refractivity contribution in [3.63, 3.8) is 0 Å². The molecule has 2 aliphatic rings. The zero-order valence-electron chi connectivity index (χ0n) is 21.1. The lowest BCUT2D eigenvalue weighted by Gasteiger charge is -2.47. The van der Waals surface area contributed by atoms with Crippen LogP contribution in [-0.2, 0) is 11.3 Å². The second kappa shape index (κ2) is 10.3. The first kappa shape index (κ1) is 26.0. The largest absolute Gasteiger partial charge is 0.309 e. The molecule has 0 aromatic heterocycles. The second-order valence-corrected chi connectivity index (χ2v) is 10.9. The molecule has 3 aromatic carbocycles. The summed E-state index contributed by atoms with van der Waals surface area (Å²) in [6.07, 6.45) is 0. The lowest BCUT2D eigenvalue weighted by molar-refractivity contribution is -0.117. The number of nitriles is 1. The number of aliphatic imine (C=N–C) groups is 1. The molecule has 0 radical (unpaired) electrons. The molecule has 5 rings (SSSR count). The van der Waals surface area contributed by atoms with Gasteiger partial charge in [-0.2, -0.15) is 5.26 Å². The van der Waals surface area contributed by atoms with E-state index in [9.17, 15) is 14.4 Å². The van der Waals surface area contributed by atoms with Crippen LogP contribution in [0, 0.1) is 23.1 Å². The molecule has 0 spiro atoms. The molecule has 1 atom stereocenters. The van der Waals surface area contributed by atoms with Crippen molar-refractivity contribution in [3.8, 4) is 17.2 Å². The number of halogens is 3. The van der Waals surface area contributed by atoms with Gasteiger partial charge in [0.25, 0.3) is 0 Å². The minimum atomic E-state index is -1.59. The van der Waals surface area contributed by atoms with E-state index in [2.05, 4.69) is 15.2 Å². The maximum Gasteiger partial charge on any atom is 0.247 e. The Hall–Kier alpha value is -3.60. The highest BCUT2D eigenvalue weighted by Crippen LogP contribution is 2.43. The van der Waals surface area contributed by atoms with E-state index in [1.165, 1.54) is 26.0 Å². The lowest BCUT2D eigenvalue weighted by Crippen LogP contribution is -2.52. The molecule has 0 saturated carbocycles. The van der Waals surface area contributed by atoms with Crippen molar-refractivity contribution in [1.29, 1.82) is 5.26 Å². The number of nitrogens with zero attached hydrogens (tertiary/aromatic N) is 3. The molecule has 3 aromatic rings. The quantitative estimate of drug-likeness (QED) is 0.414. The zero-order valence-corrected chi connectivity index (χ0v) is 21.9. The van der Waals surface area contributed by atoms with Gasteiger partial charge in [-0.05, 0) is 72.4 Å². The van der Waals surface area contributed by atoms with Crippen molar-refractivity contribution in [2.75, 3.05) is 19.6 Å². The number of amides is 1. The summed E-state index contributed by atoms with van der Waals surface area (Å²) < 4.78 is 29.6. The molecule has 1 N–H and O–H groups in total. The van der Waals surface area contributed by atoms with Crippen LogP contribution in [0.4, 0.5) is 8.78 Å². The molecule has 8 heteroatoms. The van der Waals surface area contributed by atoms with Gasteiger partial charge in [-0.15, -0.1) is 0 Å². The number of hydrogen-bond donors (Lipinski definition) is 1. The molecule has 1 saturated heterocycles. The smallest absolute Gasteiger partial charge is 0.247 e. The van der Waals surface area contributed by atoms with Gasteiger partial charge in [0, 0.05) is 36.1 Å². The Balaban J connectivity index is 1.42. The molecular weight excluding hydrogens is 506 g/mol. The van der Waals surface area contributed by atoms with Gasteiger partial charge in [-0.3, -0.25) is 14.7 Å². The molecule has 194 valence electrons. The maximum atomic E-state index is 15.4. The predicted molar refractivity (Wildman–Crippen MR) is 144 cm³/mol. The Morgan fingerprint density at radius 2 is 1.92 bits per heavy atom. The number of likely N-dealkylation sites (tertiary alicyclic amines) is 1. The molecule has 0 aliphatic carbocycles. The highest BCUT2D eigenvalue weighted by atomic mass is 35.5. The Labute approximate surface area is 225 Å². The summed E-state index contributed by atoms with van der Waals surface area (Å²) >= 11 is 6.14. The van der Waals surface area contributed by atoms with E-state index >= 15 is 4.39 Å². The van der Waals surface area contributed by atoms with Crippen LogP contribution >= 0.6 is 11.6 Å². The van der Waals surface area contributed by atoms with E-state index in [-0.39, 0.29) is 23.9 Å². The number of hydrogen-bond acceptors (Lipinski definition) is 4. The first-order valence-electron chi connectivity index (χ1n) is 12.5. The first-order chi connectivity index (χ1) is 18.1. The number of amidine groups is 1. The normalized spacial score (nSPS) is 16.9. The van der Waals surface area contributed by atoms with Crippen LogP contribution in [0.2, 0.25) is 5.02 Å². The van der Waals surface area contributed by atoms with Crippen molar-refractivity contribution in [2.45, 2.75) is 32.0 Å². The van der Waals surface area contributed by atoms with Gasteiger partial charge in [0.05, 0.1) is 11.6 Å². The molecule has 5 nitrogen and oxygen atoms in total. The number of carbonyl (C=O) groups is 1. The summed E-state index contributed by atoms with van der Waals surface area (Å²) in [4.78, 5) is 18.5. The molecule has 2 aliphatic heterocycles. The molecule has 0 bridgehead atoms. The summed E-state index contributed by atoms with van der Waals surface area (Å²) in [5.74, 6) is -0.719. The minimum Gasteiger partial charge on any atom is -0.309 e. The number of nitrogens with one attached hydrogen (secondary N) is 1. The second-order valence-electron chi connectivity index (χ2n) is 10.4. The van der Waals surface area contributed by atoms with Crippen LogP contribution in [0.3, 0.4) is 0 Å². The predicted octanol–water partition coefficient (Wildman–Crippen LogP) is 5.86. The van der Waals surface area contributed by atoms with Gasteiger partial charge < -0.3 is 5.32 Å². The van der Waals surface area contributed by atoms with E-state index in [0.29, 0.717) is 36.1 Å². The summed E-state index contributed by atoms with van der Waals surface area (Å²) in [7, 11) is 0. The van der Waals surface area contributed by atoms with E-state index in [1.54, 1.807) is 6.07 Å². The number of rotatable bonds is 7. The summed E-state index contributed by atoms with van der Waals surface area (Å²) in [5.41, 5.74) is 2.89. The Morgan fingerprint density at radius 1 is 1.18 bits per heavy atom. The third-order valence-electron chi connectivity index (χ3n) is 7.18. The molecule has 38 heavy (non-hydrogen) atoms. The Bertz CT molecular complexity index is 1450. The average Bonchev–Trinajstić information content (AvgIpc) is 3.28. The van der Waals surface area contributed by atoms with Crippen LogP contribution in [-0.4, -0.2) is 41.9 Å². The molecular formula is C30H27ClF2N4O. The average molecular weight is 533 g/mol. The zero-order chi connectivity index (χ0) is 27.0. The van der Waals surface area contributed by atoms with Gasteiger partial charge in [0.2, 0.25) is 5.91 Å². The van der Waals surface area contributed by atoms with E-state index in [0.717, 1.165) is 22.3 Å². The Morgan fingerprint density at radius 3 is 2.55 bits per heavy atom.